The van der Waals surface area contributed by atoms with Crippen molar-refractivity contribution in [2.45, 2.75) is 18.5 Å². The number of carbonyl (C=O) groups is 1. The Morgan fingerprint density at radius 3 is 2.47 bits per heavy atom. The molecule has 0 heterocycles. The fourth-order valence-corrected chi connectivity index (χ4v) is 1.87. The molecule has 92 valence electrons. The lowest BCUT2D eigenvalue weighted by Crippen LogP contribution is -2.10. The van der Waals surface area contributed by atoms with Gasteiger partial charge in [-0.25, -0.2) is 4.39 Å². The van der Waals surface area contributed by atoms with Gasteiger partial charge < -0.3 is 5.11 Å². The van der Waals surface area contributed by atoms with Gasteiger partial charge >= 0.3 is 12.1 Å². The number of hydrogen-bond donors (Lipinski definition) is 1. The molecule has 0 bridgehead atoms. The molecule has 17 heavy (non-hydrogen) atoms. The molecule has 6 heteroatoms. The molecule has 1 saturated carbocycles. The second-order valence-electron chi connectivity index (χ2n) is 3.99. The lowest BCUT2D eigenvalue weighted by Gasteiger charge is -2.10. The lowest BCUT2D eigenvalue weighted by molar-refractivity contribution is -0.140. The summed E-state index contributed by atoms with van der Waals surface area (Å²) in [5.41, 5.74) is -1.50. The fraction of sp³-hybridized carbons (Fsp3) is 0.364. The van der Waals surface area contributed by atoms with Crippen LogP contribution in [0.3, 0.4) is 0 Å². The predicted molar refractivity (Wildman–Crippen MR) is 49.9 cm³/mol. The molecule has 0 spiro atoms. The van der Waals surface area contributed by atoms with Gasteiger partial charge in [0.1, 0.15) is 5.82 Å². The molecule has 1 aromatic rings. The van der Waals surface area contributed by atoms with Gasteiger partial charge in [0, 0.05) is 5.92 Å². The zero-order valence-electron chi connectivity index (χ0n) is 8.46. The summed E-state index contributed by atoms with van der Waals surface area (Å²) in [6, 6.07) is 2.95. The van der Waals surface area contributed by atoms with E-state index in [-0.39, 0.29) is 12.0 Å². The molecule has 0 aromatic heterocycles. The predicted octanol–water partition coefficient (Wildman–Crippen LogP) is 3.03. The van der Waals surface area contributed by atoms with Crippen molar-refractivity contribution >= 4 is 5.97 Å². The highest BCUT2D eigenvalue weighted by molar-refractivity contribution is 5.75. The summed E-state index contributed by atoms with van der Waals surface area (Å²) in [6.07, 6.45) is -4.57. The Morgan fingerprint density at radius 2 is 2.00 bits per heavy atom. The average molecular weight is 248 g/mol. The summed E-state index contributed by atoms with van der Waals surface area (Å²) in [7, 11) is 0. The maximum absolute atomic E-state index is 13.6. The van der Waals surface area contributed by atoms with Gasteiger partial charge in [0.25, 0.3) is 0 Å². The van der Waals surface area contributed by atoms with E-state index in [0.29, 0.717) is 6.07 Å². The molecule has 0 amide bonds. The average Bonchev–Trinajstić information content (AvgIpc) is 2.95. The third kappa shape index (κ3) is 2.11. The molecule has 0 saturated heterocycles. The first-order valence-corrected chi connectivity index (χ1v) is 4.90. The van der Waals surface area contributed by atoms with Gasteiger partial charge in [-0.05, 0) is 18.1 Å². The molecule has 1 aromatic carbocycles. The molecular formula is C11H8F4O2. The van der Waals surface area contributed by atoms with Gasteiger partial charge in [-0.3, -0.25) is 4.79 Å². The highest BCUT2D eigenvalue weighted by atomic mass is 19.4. The summed E-state index contributed by atoms with van der Waals surface area (Å²) in [5.74, 6) is -3.87. The van der Waals surface area contributed by atoms with Gasteiger partial charge in [0.2, 0.25) is 0 Å². The number of carboxylic acid groups (broad SMARTS) is 1. The maximum atomic E-state index is 13.6. The molecule has 0 aliphatic heterocycles. The van der Waals surface area contributed by atoms with Crippen molar-refractivity contribution in [1.29, 1.82) is 0 Å². The van der Waals surface area contributed by atoms with Crippen LogP contribution < -0.4 is 0 Å². The van der Waals surface area contributed by atoms with E-state index >= 15 is 0 Å². The van der Waals surface area contributed by atoms with Gasteiger partial charge in [0.05, 0.1) is 11.5 Å². The number of rotatable bonds is 2. The molecule has 1 aliphatic carbocycles. The Kier molecular flexibility index (Phi) is 2.60. The van der Waals surface area contributed by atoms with E-state index in [0.717, 1.165) is 6.07 Å². The first-order valence-electron chi connectivity index (χ1n) is 4.90. The highest BCUT2D eigenvalue weighted by Gasteiger charge is 2.47. The summed E-state index contributed by atoms with van der Waals surface area (Å²) >= 11 is 0. The van der Waals surface area contributed by atoms with Crippen molar-refractivity contribution in [2.24, 2.45) is 5.92 Å². The van der Waals surface area contributed by atoms with Crippen molar-refractivity contribution in [3.63, 3.8) is 0 Å². The summed E-state index contributed by atoms with van der Waals surface area (Å²) in [4.78, 5) is 10.6. The Balaban J connectivity index is 2.35. The number of aliphatic carboxylic acids is 1. The van der Waals surface area contributed by atoms with E-state index in [9.17, 15) is 22.4 Å². The standard InChI is InChI=1S/C11H8F4O2/c12-9-5(6-4-7(6)10(16)17)2-1-3-8(9)11(13,14)15/h1-3,6-7H,4H2,(H,16,17). The number of hydrogen-bond acceptors (Lipinski definition) is 1. The second kappa shape index (κ2) is 3.72. The van der Waals surface area contributed by atoms with Gasteiger partial charge in [0.15, 0.2) is 0 Å². The van der Waals surface area contributed by atoms with Crippen LogP contribution in [0, 0.1) is 11.7 Å². The Labute approximate surface area is 93.9 Å². The van der Waals surface area contributed by atoms with Crippen molar-refractivity contribution in [3.05, 3.63) is 35.1 Å². The second-order valence-corrected chi connectivity index (χ2v) is 3.99. The van der Waals surface area contributed by atoms with Crippen molar-refractivity contribution in [2.75, 3.05) is 0 Å². The van der Waals surface area contributed by atoms with Gasteiger partial charge in [-0.15, -0.1) is 0 Å². The monoisotopic (exact) mass is 248 g/mol. The molecule has 2 nitrogen and oxygen atoms in total. The highest BCUT2D eigenvalue weighted by Crippen LogP contribution is 2.49. The Bertz CT molecular complexity index is 467. The largest absolute Gasteiger partial charge is 0.481 e. The Hall–Kier alpha value is -1.59. The maximum Gasteiger partial charge on any atom is 0.419 e. The SMILES string of the molecule is O=C(O)C1CC1c1cccc(C(F)(F)F)c1F. The minimum atomic E-state index is -4.76. The topological polar surface area (TPSA) is 37.3 Å². The van der Waals surface area contributed by atoms with Crippen LogP contribution in [-0.4, -0.2) is 11.1 Å². The van der Waals surface area contributed by atoms with Crippen molar-refractivity contribution in [1.82, 2.24) is 0 Å². The van der Waals surface area contributed by atoms with E-state index in [1.54, 1.807) is 0 Å². The first kappa shape index (κ1) is 11.9. The summed E-state index contributed by atoms with van der Waals surface area (Å²) < 4.78 is 50.8. The van der Waals surface area contributed by atoms with Crippen molar-refractivity contribution < 1.29 is 27.5 Å². The lowest BCUT2D eigenvalue weighted by atomic mass is 10.0. The summed E-state index contributed by atoms with van der Waals surface area (Å²) in [6.45, 7) is 0. The van der Waals surface area contributed by atoms with E-state index in [2.05, 4.69) is 0 Å². The normalized spacial score (nSPS) is 23.5. The van der Waals surface area contributed by atoms with E-state index in [1.165, 1.54) is 6.07 Å². The fourth-order valence-electron chi connectivity index (χ4n) is 1.87. The molecule has 1 aliphatic rings. The van der Waals surface area contributed by atoms with E-state index in [4.69, 9.17) is 5.11 Å². The molecule has 2 rings (SSSR count). The minimum Gasteiger partial charge on any atom is -0.481 e. The molecule has 1 fully saturated rings. The minimum absolute atomic E-state index is 0.160. The van der Waals surface area contributed by atoms with Crippen LogP contribution in [0.15, 0.2) is 18.2 Å². The van der Waals surface area contributed by atoms with E-state index in [1.807, 2.05) is 0 Å². The number of carboxylic acids is 1. The first-order chi connectivity index (χ1) is 7.82. The van der Waals surface area contributed by atoms with Crippen LogP contribution in [0.25, 0.3) is 0 Å². The third-order valence-corrected chi connectivity index (χ3v) is 2.84. The molecule has 1 N–H and O–H groups in total. The summed E-state index contributed by atoms with van der Waals surface area (Å²) in [5, 5.41) is 8.66. The van der Waals surface area contributed by atoms with Crippen LogP contribution in [0.2, 0.25) is 0 Å². The van der Waals surface area contributed by atoms with Crippen LogP contribution in [0.1, 0.15) is 23.5 Å². The van der Waals surface area contributed by atoms with E-state index < -0.39 is 35.4 Å². The van der Waals surface area contributed by atoms with Gasteiger partial charge in [-0.2, -0.15) is 13.2 Å². The number of benzene rings is 1. The molecule has 2 atom stereocenters. The van der Waals surface area contributed by atoms with Crippen LogP contribution >= 0.6 is 0 Å². The van der Waals surface area contributed by atoms with Crippen LogP contribution in [-0.2, 0) is 11.0 Å². The zero-order chi connectivity index (χ0) is 12.8. The number of halogens is 4. The van der Waals surface area contributed by atoms with Crippen molar-refractivity contribution in [3.8, 4) is 0 Å². The van der Waals surface area contributed by atoms with Gasteiger partial charge in [-0.1, -0.05) is 12.1 Å². The third-order valence-electron chi connectivity index (χ3n) is 2.84. The van der Waals surface area contributed by atoms with Crippen LogP contribution in [0.5, 0.6) is 0 Å². The molecule has 2 unspecified atom stereocenters. The molecular weight excluding hydrogens is 240 g/mol. The van der Waals surface area contributed by atoms with Crippen LogP contribution in [0.4, 0.5) is 17.6 Å². The molecule has 0 radical (unpaired) electrons. The smallest absolute Gasteiger partial charge is 0.419 e. The Morgan fingerprint density at radius 1 is 1.35 bits per heavy atom. The zero-order valence-corrected chi connectivity index (χ0v) is 8.46. The quantitative estimate of drug-likeness (QED) is 0.817. The number of alkyl halides is 3.